The van der Waals surface area contributed by atoms with Crippen LogP contribution in [0.15, 0.2) is 41.5 Å². The Morgan fingerprint density at radius 1 is 1.36 bits per heavy atom. The average Bonchev–Trinajstić information content (AvgIpc) is 3.42. The molecule has 5 nitrogen and oxygen atoms in total. The van der Waals surface area contributed by atoms with Crippen molar-refractivity contribution in [1.82, 2.24) is 5.32 Å². The van der Waals surface area contributed by atoms with Crippen molar-refractivity contribution in [2.24, 2.45) is 5.92 Å². The topological polar surface area (TPSA) is 67.8 Å². The summed E-state index contributed by atoms with van der Waals surface area (Å²) in [5, 5.41) is 15.8. The molecule has 2 aliphatic rings. The second-order valence-corrected chi connectivity index (χ2v) is 8.37. The number of carbonyl (C=O) groups excluding carboxylic acids is 1. The van der Waals surface area contributed by atoms with Gasteiger partial charge in [-0.1, -0.05) is 18.2 Å². The minimum atomic E-state index is -0.495. The molecule has 0 unspecified atom stereocenters. The molecule has 1 aromatic heterocycles. The van der Waals surface area contributed by atoms with Crippen LogP contribution in [0.2, 0.25) is 0 Å². The van der Waals surface area contributed by atoms with E-state index in [4.69, 9.17) is 9.47 Å². The van der Waals surface area contributed by atoms with Gasteiger partial charge in [0.15, 0.2) is 5.76 Å². The maximum Gasteiger partial charge on any atom is 0.286 e. The number of benzene rings is 1. The predicted molar refractivity (Wildman–Crippen MR) is 110 cm³/mol. The van der Waals surface area contributed by atoms with Crippen molar-refractivity contribution in [3.63, 3.8) is 0 Å². The van der Waals surface area contributed by atoms with E-state index in [-0.39, 0.29) is 30.4 Å². The summed E-state index contributed by atoms with van der Waals surface area (Å²) in [5.74, 6) is 0.249. The van der Waals surface area contributed by atoms with Gasteiger partial charge in [-0.2, -0.15) is 0 Å². The molecule has 2 heterocycles. The smallest absolute Gasteiger partial charge is 0.286 e. The van der Waals surface area contributed by atoms with E-state index in [1.165, 1.54) is 15.6 Å². The quantitative estimate of drug-likeness (QED) is 0.703. The van der Waals surface area contributed by atoms with Crippen LogP contribution in [0.3, 0.4) is 0 Å². The van der Waals surface area contributed by atoms with Gasteiger partial charge in [0.1, 0.15) is 0 Å². The van der Waals surface area contributed by atoms with Gasteiger partial charge in [-0.25, -0.2) is 0 Å². The fourth-order valence-electron chi connectivity index (χ4n) is 3.86. The lowest BCUT2D eigenvalue weighted by molar-refractivity contribution is -0.166. The van der Waals surface area contributed by atoms with Crippen LogP contribution in [0.4, 0.5) is 0 Å². The Morgan fingerprint density at radius 2 is 2.18 bits per heavy atom. The number of fused-ring (bicyclic) bond motifs is 1. The molecule has 1 aliphatic heterocycles. The van der Waals surface area contributed by atoms with Crippen molar-refractivity contribution in [1.29, 1.82) is 0 Å². The molecule has 1 aliphatic carbocycles. The Hall–Kier alpha value is -1.89. The number of allylic oxidation sites excluding steroid dienone is 1. The van der Waals surface area contributed by atoms with Gasteiger partial charge >= 0.3 is 0 Å². The van der Waals surface area contributed by atoms with Gasteiger partial charge in [-0.05, 0) is 61.1 Å². The summed E-state index contributed by atoms with van der Waals surface area (Å²) in [5.41, 5.74) is 1.20. The molecule has 4 rings (SSSR count). The average molecular weight is 402 g/mol. The first-order valence-electron chi connectivity index (χ1n) is 10.1. The first-order valence-corrected chi connectivity index (χ1v) is 11.0. The third-order valence-electron chi connectivity index (χ3n) is 5.42. The van der Waals surface area contributed by atoms with E-state index in [1.807, 2.05) is 25.1 Å². The van der Waals surface area contributed by atoms with Crippen molar-refractivity contribution in [3.8, 4) is 0 Å². The third-order valence-corrected chi connectivity index (χ3v) is 6.40. The number of ether oxygens (including phenoxy) is 2. The number of nitrogens with one attached hydrogen (secondary N) is 1. The van der Waals surface area contributed by atoms with Crippen molar-refractivity contribution in [2.45, 2.75) is 50.9 Å². The molecular weight excluding hydrogens is 374 g/mol. The van der Waals surface area contributed by atoms with Crippen LogP contribution in [-0.4, -0.2) is 36.6 Å². The van der Waals surface area contributed by atoms with Gasteiger partial charge in [0, 0.05) is 35.8 Å². The molecule has 2 aromatic rings. The molecule has 150 valence electrons. The molecule has 1 amide bonds. The largest absolute Gasteiger partial charge is 0.459 e. The Labute approximate surface area is 169 Å². The SMILES string of the molecule is CCO[C@@H]1OC(C(=O)NC2CC2)=C[C@H](c2csc3ccccc23)[C@H]1CCCO. The zero-order valence-corrected chi connectivity index (χ0v) is 16.9. The number of hydrogen-bond donors (Lipinski definition) is 2. The van der Waals surface area contributed by atoms with Crippen LogP contribution < -0.4 is 5.32 Å². The second-order valence-electron chi connectivity index (χ2n) is 7.46. The molecule has 2 N–H and O–H groups in total. The van der Waals surface area contributed by atoms with Crippen LogP contribution >= 0.6 is 11.3 Å². The van der Waals surface area contributed by atoms with Gasteiger partial charge in [0.2, 0.25) is 6.29 Å². The number of hydrogen-bond acceptors (Lipinski definition) is 5. The highest BCUT2D eigenvalue weighted by molar-refractivity contribution is 7.17. The number of carbonyl (C=O) groups is 1. The van der Waals surface area contributed by atoms with E-state index >= 15 is 0 Å². The maximum absolute atomic E-state index is 12.7. The second kappa shape index (κ2) is 8.64. The molecule has 0 radical (unpaired) electrons. The lowest BCUT2D eigenvalue weighted by Gasteiger charge is -2.37. The highest BCUT2D eigenvalue weighted by Crippen LogP contribution is 2.43. The lowest BCUT2D eigenvalue weighted by Crippen LogP contribution is -2.39. The van der Waals surface area contributed by atoms with E-state index in [0.717, 1.165) is 19.3 Å². The summed E-state index contributed by atoms with van der Waals surface area (Å²) < 4.78 is 13.2. The molecule has 1 aromatic carbocycles. The Balaban J connectivity index is 1.72. The number of thiophene rings is 1. The first-order chi connectivity index (χ1) is 13.7. The van der Waals surface area contributed by atoms with Crippen LogP contribution in [0.5, 0.6) is 0 Å². The summed E-state index contributed by atoms with van der Waals surface area (Å²) >= 11 is 1.72. The van der Waals surface area contributed by atoms with E-state index in [2.05, 4.69) is 22.8 Å². The number of amides is 1. The van der Waals surface area contributed by atoms with Gasteiger partial charge in [0.05, 0.1) is 0 Å². The Morgan fingerprint density at radius 3 is 2.93 bits per heavy atom. The number of aliphatic hydroxyl groups is 1. The monoisotopic (exact) mass is 401 g/mol. The normalized spacial score (nSPS) is 24.6. The van der Waals surface area contributed by atoms with E-state index in [1.54, 1.807) is 11.3 Å². The number of rotatable bonds is 8. The first kappa shape index (κ1) is 19.4. The molecule has 1 fully saturated rings. The molecular formula is C22H27NO4S. The lowest BCUT2D eigenvalue weighted by atomic mass is 9.80. The Bertz CT molecular complexity index is 857. The summed E-state index contributed by atoms with van der Waals surface area (Å²) in [4.78, 5) is 12.7. The minimum Gasteiger partial charge on any atom is -0.459 e. The molecule has 0 spiro atoms. The summed E-state index contributed by atoms with van der Waals surface area (Å²) in [6.45, 7) is 2.57. The maximum atomic E-state index is 12.7. The van der Waals surface area contributed by atoms with Crippen molar-refractivity contribution in [3.05, 3.63) is 47.0 Å². The van der Waals surface area contributed by atoms with Crippen molar-refractivity contribution < 1.29 is 19.4 Å². The predicted octanol–water partition coefficient (Wildman–Crippen LogP) is 3.93. The molecule has 6 heteroatoms. The molecule has 0 bridgehead atoms. The zero-order chi connectivity index (χ0) is 19.5. The van der Waals surface area contributed by atoms with Crippen LogP contribution in [0, 0.1) is 5.92 Å². The summed E-state index contributed by atoms with van der Waals surface area (Å²) in [6, 6.07) is 8.62. The fraction of sp³-hybridized carbons (Fsp3) is 0.500. The number of aliphatic hydroxyl groups excluding tert-OH is 1. The summed E-state index contributed by atoms with van der Waals surface area (Å²) in [7, 11) is 0. The minimum absolute atomic E-state index is 0.00736. The zero-order valence-electron chi connectivity index (χ0n) is 16.1. The summed E-state index contributed by atoms with van der Waals surface area (Å²) in [6.07, 6.45) is 4.98. The van der Waals surface area contributed by atoms with Gasteiger partial charge in [-0.15, -0.1) is 11.3 Å². The molecule has 0 saturated heterocycles. The fourth-order valence-corrected chi connectivity index (χ4v) is 4.87. The van der Waals surface area contributed by atoms with Crippen LogP contribution in [0.25, 0.3) is 10.1 Å². The highest BCUT2D eigenvalue weighted by atomic mass is 32.1. The standard InChI is InChI=1S/C22H27NO4S/c1-2-26-22-16(7-5-11-24)17(12-19(27-22)21(25)23-14-9-10-14)18-13-28-20-8-4-3-6-15(18)20/h3-4,6,8,12-14,16-17,22,24H,2,5,7,9-11H2,1H3,(H,23,25)/t16-,17+,22-/m1/s1. The van der Waals surface area contributed by atoms with Crippen molar-refractivity contribution in [2.75, 3.05) is 13.2 Å². The molecule has 3 atom stereocenters. The van der Waals surface area contributed by atoms with Gasteiger partial charge in [0.25, 0.3) is 5.91 Å². The molecule has 1 saturated carbocycles. The van der Waals surface area contributed by atoms with E-state index < -0.39 is 6.29 Å². The van der Waals surface area contributed by atoms with Gasteiger partial charge < -0.3 is 19.9 Å². The van der Waals surface area contributed by atoms with E-state index in [0.29, 0.717) is 18.8 Å². The van der Waals surface area contributed by atoms with Gasteiger partial charge in [-0.3, -0.25) is 4.79 Å². The van der Waals surface area contributed by atoms with Crippen LogP contribution in [0.1, 0.15) is 44.1 Å². The van der Waals surface area contributed by atoms with E-state index in [9.17, 15) is 9.90 Å². The Kier molecular flexibility index (Phi) is 5.99. The van der Waals surface area contributed by atoms with Crippen molar-refractivity contribution >= 4 is 27.3 Å². The third kappa shape index (κ3) is 4.09. The highest BCUT2D eigenvalue weighted by Gasteiger charge is 2.39. The van der Waals surface area contributed by atoms with Crippen LogP contribution in [-0.2, 0) is 14.3 Å². The molecule has 28 heavy (non-hydrogen) atoms.